The number of carbonyl (C=O) groups is 2. The summed E-state index contributed by atoms with van der Waals surface area (Å²) >= 11 is 0. The second kappa shape index (κ2) is 9.31. The van der Waals surface area contributed by atoms with Gasteiger partial charge < -0.3 is 15.7 Å². The highest BCUT2D eigenvalue weighted by Crippen LogP contribution is 2.29. The molecule has 0 spiro atoms. The third-order valence-electron chi connectivity index (χ3n) is 6.00. The number of amides is 1. The van der Waals surface area contributed by atoms with E-state index in [1.807, 2.05) is 6.07 Å². The molecule has 0 unspecified atom stereocenters. The van der Waals surface area contributed by atoms with Crippen LogP contribution in [0.4, 0.5) is 4.39 Å². The number of hydrogen-bond acceptors (Lipinski definition) is 3. The van der Waals surface area contributed by atoms with Gasteiger partial charge in [-0.05, 0) is 87.6 Å². The van der Waals surface area contributed by atoms with Crippen molar-refractivity contribution in [1.82, 2.24) is 10.6 Å². The molecule has 3 rings (SSSR count). The van der Waals surface area contributed by atoms with Gasteiger partial charge in [0, 0.05) is 12.5 Å². The topological polar surface area (TPSA) is 78.4 Å². The molecule has 1 heterocycles. The molecule has 6 heteroatoms. The van der Waals surface area contributed by atoms with Crippen LogP contribution in [-0.2, 0) is 4.79 Å². The highest BCUT2D eigenvalue weighted by atomic mass is 19.1. The Morgan fingerprint density at radius 3 is 2.44 bits per heavy atom. The van der Waals surface area contributed by atoms with E-state index < -0.39 is 11.8 Å². The second-order valence-electron chi connectivity index (χ2n) is 7.89. The Morgan fingerprint density at radius 1 is 1.11 bits per heavy atom. The lowest BCUT2D eigenvalue weighted by Gasteiger charge is -2.29. The van der Waals surface area contributed by atoms with Gasteiger partial charge in [0.05, 0.1) is 5.56 Å². The van der Waals surface area contributed by atoms with Crippen LogP contribution in [0.25, 0.3) is 0 Å². The molecule has 0 bridgehead atoms. The highest BCUT2D eigenvalue weighted by Gasteiger charge is 2.24. The maximum absolute atomic E-state index is 14.5. The van der Waals surface area contributed by atoms with Gasteiger partial charge in [-0.2, -0.15) is 0 Å². The number of carbonyl (C=O) groups excluding carboxylic acids is 1. The summed E-state index contributed by atoms with van der Waals surface area (Å²) in [5.74, 6) is -0.778. The standard InChI is InChI=1S/C21H29FN2O3/c22-19-13-16(15-9-11-23-12-10-15)4-7-18(19)21(27)24-17-5-1-14(2-6-17)3-8-20(25)26/h4,7,13-15,17,23H,1-3,5-6,8-12H2,(H,24,27)(H,25,26). The first kappa shape index (κ1) is 19.8. The van der Waals surface area contributed by atoms with E-state index in [4.69, 9.17) is 5.11 Å². The van der Waals surface area contributed by atoms with Crippen LogP contribution in [0.2, 0.25) is 0 Å². The number of hydrogen-bond donors (Lipinski definition) is 3. The van der Waals surface area contributed by atoms with E-state index >= 15 is 0 Å². The molecule has 0 radical (unpaired) electrons. The monoisotopic (exact) mass is 376 g/mol. The van der Waals surface area contributed by atoms with Gasteiger partial charge in [0.1, 0.15) is 5.82 Å². The average Bonchev–Trinajstić information content (AvgIpc) is 2.68. The fraction of sp³-hybridized carbons (Fsp3) is 0.619. The largest absolute Gasteiger partial charge is 0.481 e. The lowest BCUT2D eigenvalue weighted by Crippen LogP contribution is -2.38. The summed E-state index contributed by atoms with van der Waals surface area (Å²) in [6.45, 7) is 1.90. The summed E-state index contributed by atoms with van der Waals surface area (Å²) in [6, 6.07) is 5.06. The molecule has 1 amide bonds. The van der Waals surface area contributed by atoms with E-state index in [2.05, 4.69) is 10.6 Å². The van der Waals surface area contributed by atoms with E-state index in [1.54, 1.807) is 6.07 Å². The van der Waals surface area contributed by atoms with E-state index in [0.717, 1.165) is 57.2 Å². The van der Waals surface area contributed by atoms with Crippen molar-refractivity contribution in [2.75, 3.05) is 13.1 Å². The molecule has 148 valence electrons. The number of benzene rings is 1. The fourth-order valence-electron chi connectivity index (χ4n) is 4.31. The SMILES string of the molecule is O=C(O)CCC1CCC(NC(=O)c2ccc(C3CCNCC3)cc2F)CC1. The molecule has 2 aliphatic rings. The summed E-state index contributed by atoms with van der Waals surface area (Å²) in [5.41, 5.74) is 1.09. The summed E-state index contributed by atoms with van der Waals surface area (Å²) in [7, 11) is 0. The number of piperidine rings is 1. The number of halogens is 1. The molecule has 1 aliphatic heterocycles. The van der Waals surface area contributed by atoms with Crippen LogP contribution in [0.1, 0.15) is 73.2 Å². The van der Waals surface area contributed by atoms with Crippen molar-refractivity contribution in [3.05, 3.63) is 35.1 Å². The molecule has 1 saturated heterocycles. The van der Waals surface area contributed by atoms with Gasteiger partial charge >= 0.3 is 5.97 Å². The normalized spacial score (nSPS) is 23.7. The Morgan fingerprint density at radius 2 is 1.81 bits per heavy atom. The Balaban J connectivity index is 1.51. The predicted molar refractivity (Wildman–Crippen MR) is 101 cm³/mol. The minimum atomic E-state index is -0.756. The first-order chi connectivity index (χ1) is 13.0. The van der Waals surface area contributed by atoms with Crippen LogP contribution in [-0.4, -0.2) is 36.1 Å². The number of rotatable bonds is 6. The smallest absolute Gasteiger partial charge is 0.303 e. The molecule has 0 atom stereocenters. The Bertz CT molecular complexity index is 665. The fourth-order valence-corrected chi connectivity index (χ4v) is 4.31. The summed E-state index contributed by atoms with van der Waals surface area (Å²) < 4.78 is 14.5. The molecule has 2 fully saturated rings. The van der Waals surface area contributed by atoms with Crippen LogP contribution in [0.15, 0.2) is 18.2 Å². The molecule has 3 N–H and O–H groups in total. The van der Waals surface area contributed by atoms with Crippen LogP contribution < -0.4 is 10.6 Å². The molecule has 0 aromatic heterocycles. The summed E-state index contributed by atoms with van der Waals surface area (Å²) in [4.78, 5) is 23.1. The Kier molecular flexibility index (Phi) is 6.83. The summed E-state index contributed by atoms with van der Waals surface area (Å²) in [6.07, 6.45) is 6.37. The third kappa shape index (κ3) is 5.51. The van der Waals surface area contributed by atoms with Gasteiger partial charge in [-0.25, -0.2) is 4.39 Å². The number of aliphatic carboxylic acids is 1. The van der Waals surface area contributed by atoms with Crippen molar-refractivity contribution in [1.29, 1.82) is 0 Å². The Hall–Kier alpha value is -1.95. The molecule has 5 nitrogen and oxygen atoms in total. The van der Waals surface area contributed by atoms with Crippen molar-refractivity contribution in [3.63, 3.8) is 0 Å². The van der Waals surface area contributed by atoms with Gasteiger partial charge in [0.25, 0.3) is 5.91 Å². The van der Waals surface area contributed by atoms with Crippen LogP contribution in [0.3, 0.4) is 0 Å². The van der Waals surface area contributed by atoms with E-state index in [-0.39, 0.29) is 23.9 Å². The number of carboxylic acids is 1. The van der Waals surface area contributed by atoms with Gasteiger partial charge in [0.2, 0.25) is 0 Å². The summed E-state index contributed by atoms with van der Waals surface area (Å²) in [5, 5.41) is 15.0. The predicted octanol–water partition coefficient (Wildman–Crippen LogP) is 3.45. The minimum Gasteiger partial charge on any atom is -0.481 e. The molecule has 1 saturated carbocycles. The highest BCUT2D eigenvalue weighted by molar-refractivity contribution is 5.94. The van der Waals surface area contributed by atoms with E-state index in [1.165, 1.54) is 6.07 Å². The minimum absolute atomic E-state index is 0.0436. The average molecular weight is 376 g/mol. The van der Waals surface area contributed by atoms with Crippen molar-refractivity contribution in [2.45, 2.75) is 63.3 Å². The van der Waals surface area contributed by atoms with Gasteiger partial charge in [-0.1, -0.05) is 6.07 Å². The van der Waals surface area contributed by atoms with Gasteiger partial charge in [0.15, 0.2) is 0 Å². The number of nitrogens with one attached hydrogen (secondary N) is 2. The quantitative estimate of drug-likeness (QED) is 0.711. The lowest BCUT2D eigenvalue weighted by atomic mass is 9.83. The molecular weight excluding hydrogens is 347 g/mol. The van der Waals surface area contributed by atoms with Crippen LogP contribution in [0, 0.1) is 11.7 Å². The van der Waals surface area contributed by atoms with Crippen LogP contribution in [0.5, 0.6) is 0 Å². The van der Waals surface area contributed by atoms with Crippen molar-refractivity contribution >= 4 is 11.9 Å². The van der Waals surface area contributed by atoms with Gasteiger partial charge in [-0.3, -0.25) is 9.59 Å². The van der Waals surface area contributed by atoms with Crippen LogP contribution >= 0.6 is 0 Å². The number of carboxylic acid groups (broad SMARTS) is 1. The lowest BCUT2D eigenvalue weighted by molar-refractivity contribution is -0.137. The van der Waals surface area contributed by atoms with E-state index in [0.29, 0.717) is 18.3 Å². The molecule has 27 heavy (non-hydrogen) atoms. The third-order valence-corrected chi connectivity index (χ3v) is 6.00. The van der Waals surface area contributed by atoms with Crippen molar-refractivity contribution in [3.8, 4) is 0 Å². The van der Waals surface area contributed by atoms with Crippen molar-refractivity contribution < 1.29 is 19.1 Å². The maximum Gasteiger partial charge on any atom is 0.303 e. The maximum atomic E-state index is 14.5. The first-order valence-electron chi connectivity index (χ1n) is 10.1. The molecule has 1 aromatic rings. The Labute approximate surface area is 159 Å². The van der Waals surface area contributed by atoms with Crippen molar-refractivity contribution in [2.24, 2.45) is 5.92 Å². The first-order valence-corrected chi connectivity index (χ1v) is 10.1. The van der Waals surface area contributed by atoms with Gasteiger partial charge in [-0.15, -0.1) is 0 Å². The zero-order valence-electron chi connectivity index (χ0n) is 15.7. The molecule has 1 aliphatic carbocycles. The second-order valence-corrected chi connectivity index (χ2v) is 7.89. The van der Waals surface area contributed by atoms with E-state index in [9.17, 15) is 14.0 Å². The zero-order chi connectivity index (χ0) is 19.2. The zero-order valence-corrected chi connectivity index (χ0v) is 15.7. The molecule has 1 aromatic carbocycles. The molecular formula is C21H29FN2O3.